The minimum atomic E-state index is -0.786. The molecule has 0 aromatic carbocycles. The molecular weight excluding hydrogens is 409 g/mol. The summed E-state index contributed by atoms with van der Waals surface area (Å²) < 4.78 is 25.9. The third kappa shape index (κ3) is 3.59. The van der Waals surface area contributed by atoms with Gasteiger partial charge in [0.2, 0.25) is 0 Å². The Kier molecular flexibility index (Phi) is 5.41. The van der Waals surface area contributed by atoms with E-state index in [0.717, 1.165) is 67.8 Å². The molecule has 2 aromatic heterocycles. The summed E-state index contributed by atoms with van der Waals surface area (Å²) in [4.78, 5) is 18.2. The molecule has 9 heteroatoms. The van der Waals surface area contributed by atoms with E-state index in [2.05, 4.69) is 19.8 Å². The number of aryl methyl sites for hydroxylation is 1. The molecule has 0 radical (unpaired) electrons. The van der Waals surface area contributed by atoms with Crippen LogP contribution in [0, 0.1) is 6.92 Å². The van der Waals surface area contributed by atoms with Gasteiger partial charge in [-0.1, -0.05) is 11.6 Å². The second-order valence-electron chi connectivity index (χ2n) is 8.58. The molecule has 7 nitrogen and oxygen atoms in total. The molecule has 5 rings (SSSR count). The fraction of sp³-hybridized carbons (Fsp3) is 0.667. The van der Waals surface area contributed by atoms with Gasteiger partial charge < -0.3 is 14.4 Å². The molecule has 2 atom stereocenters. The van der Waals surface area contributed by atoms with Crippen LogP contribution >= 0.6 is 11.6 Å². The lowest BCUT2D eigenvalue weighted by Crippen LogP contribution is -2.43. The number of hydrogen-bond donors (Lipinski definition) is 0. The van der Waals surface area contributed by atoms with E-state index in [-0.39, 0.29) is 5.54 Å². The summed E-state index contributed by atoms with van der Waals surface area (Å²) in [6, 6.07) is 0.316. The Morgan fingerprint density at radius 1 is 1.27 bits per heavy atom. The Balaban J connectivity index is 1.49. The highest BCUT2D eigenvalue weighted by atomic mass is 35.5. The van der Waals surface area contributed by atoms with Crippen LogP contribution in [0.25, 0.3) is 10.9 Å². The summed E-state index contributed by atoms with van der Waals surface area (Å²) >= 11 is 6.28. The molecule has 0 aliphatic carbocycles. The highest BCUT2D eigenvalue weighted by Crippen LogP contribution is 2.40. The minimum Gasteiger partial charge on any atom is -0.461 e. The quantitative estimate of drug-likeness (QED) is 0.683. The van der Waals surface area contributed by atoms with E-state index in [1.54, 1.807) is 6.20 Å². The van der Waals surface area contributed by atoms with Crippen LogP contribution in [0.3, 0.4) is 0 Å². The third-order valence-electron chi connectivity index (χ3n) is 6.63. The molecule has 162 valence electrons. The molecule has 3 saturated heterocycles. The lowest BCUT2D eigenvalue weighted by molar-refractivity contribution is 0.107. The maximum Gasteiger partial charge on any atom is 0.319 e. The Morgan fingerprint density at radius 2 is 2.17 bits per heavy atom. The molecule has 3 aliphatic rings. The number of aromatic nitrogens is 3. The van der Waals surface area contributed by atoms with E-state index in [1.807, 2.05) is 6.92 Å². The summed E-state index contributed by atoms with van der Waals surface area (Å²) in [5.74, 6) is 0.795. The summed E-state index contributed by atoms with van der Waals surface area (Å²) in [6.07, 6.45) is 4.42. The molecule has 0 spiro atoms. The number of anilines is 1. The molecule has 5 heterocycles. The number of fused-ring (bicyclic) bond motifs is 2. The normalized spacial score (nSPS) is 27.4. The van der Waals surface area contributed by atoms with Crippen molar-refractivity contribution in [2.75, 3.05) is 50.9 Å². The molecule has 2 aromatic rings. The van der Waals surface area contributed by atoms with Crippen LogP contribution in [0.5, 0.6) is 6.01 Å². The van der Waals surface area contributed by atoms with Crippen molar-refractivity contribution < 1.29 is 13.9 Å². The predicted molar refractivity (Wildman–Crippen MR) is 113 cm³/mol. The van der Waals surface area contributed by atoms with Gasteiger partial charge in [0.1, 0.15) is 23.7 Å². The molecule has 0 saturated carbocycles. The van der Waals surface area contributed by atoms with Crippen LogP contribution in [0.4, 0.5) is 10.2 Å². The Morgan fingerprint density at radius 3 is 3.07 bits per heavy atom. The number of halogens is 2. The molecule has 3 aliphatic heterocycles. The highest BCUT2D eigenvalue weighted by molar-refractivity contribution is 6.31. The molecular formula is C21H27ClFN5O2. The van der Waals surface area contributed by atoms with Gasteiger partial charge in [0, 0.05) is 44.4 Å². The van der Waals surface area contributed by atoms with E-state index < -0.39 is 6.17 Å². The van der Waals surface area contributed by atoms with Crippen LogP contribution in [-0.4, -0.2) is 77.6 Å². The molecule has 3 fully saturated rings. The smallest absolute Gasteiger partial charge is 0.319 e. The lowest BCUT2D eigenvalue weighted by atomic mass is 9.95. The Labute approximate surface area is 180 Å². The zero-order chi connectivity index (χ0) is 20.7. The fourth-order valence-corrected chi connectivity index (χ4v) is 5.21. The number of rotatable bonds is 4. The third-order valence-corrected chi connectivity index (χ3v) is 7.01. The summed E-state index contributed by atoms with van der Waals surface area (Å²) in [5, 5.41) is 1.28. The first-order valence-corrected chi connectivity index (χ1v) is 11.1. The average molecular weight is 436 g/mol. The highest BCUT2D eigenvalue weighted by Gasteiger charge is 2.49. The van der Waals surface area contributed by atoms with Crippen molar-refractivity contribution in [3.8, 4) is 6.01 Å². The average Bonchev–Trinajstić information content (AvgIpc) is 3.11. The van der Waals surface area contributed by atoms with Gasteiger partial charge in [-0.25, -0.2) is 9.37 Å². The molecule has 0 N–H and O–H groups in total. The van der Waals surface area contributed by atoms with Crippen LogP contribution in [0.2, 0.25) is 5.15 Å². The van der Waals surface area contributed by atoms with E-state index in [9.17, 15) is 4.39 Å². The SMILES string of the molecule is Cc1c(Cl)ncc2c(N3CCCOCC3)nc(OC[C@@]34CCCN3C[C@H](F)C4)nc12. The number of nitrogens with zero attached hydrogens (tertiary/aromatic N) is 5. The first-order chi connectivity index (χ1) is 14.6. The van der Waals surface area contributed by atoms with Gasteiger partial charge in [-0.3, -0.25) is 4.90 Å². The maximum absolute atomic E-state index is 14.1. The summed E-state index contributed by atoms with van der Waals surface area (Å²) in [5.41, 5.74) is 1.31. The van der Waals surface area contributed by atoms with Crippen molar-refractivity contribution in [1.82, 2.24) is 19.9 Å². The van der Waals surface area contributed by atoms with Crippen molar-refractivity contribution in [3.63, 3.8) is 0 Å². The lowest BCUT2D eigenvalue weighted by Gasteiger charge is -2.31. The van der Waals surface area contributed by atoms with Crippen molar-refractivity contribution in [1.29, 1.82) is 0 Å². The minimum absolute atomic E-state index is 0.237. The second kappa shape index (κ2) is 8.05. The van der Waals surface area contributed by atoms with Gasteiger partial charge >= 0.3 is 6.01 Å². The zero-order valence-electron chi connectivity index (χ0n) is 17.2. The maximum atomic E-state index is 14.1. The molecule has 30 heavy (non-hydrogen) atoms. The monoisotopic (exact) mass is 435 g/mol. The first kappa shape index (κ1) is 20.2. The van der Waals surface area contributed by atoms with Crippen molar-refractivity contribution in [2.24, 2.45) is 0 Å². The molecule has 0 unspecified atom stereocenters. The van der Waals surface area contributed by atoms with Gasteiger partial charge in [-0.2, -0.15) is 9.97 Å². The number of pyridine rings is 1. The summed E-state index contributed by atoms with van der Waals surface area (Å²) in [7, 11) is 0. The van der Waals surface area contributed by atoms with E-state index in [4.69, 9.17) is 26.1 Å². The predicted octanol–water partition coefficient (Wildman–Crippen LogP) is 3.17. The second-order valence-corrected chi connectivity index (χ2v) is 8.94. The van der Waals surface area contributed by atoms with Gasteiger partial charge in [0.15, 0.2) is 0 Å². The Bertz CT molecular complexity index is 939. The topological polar surface area (TPSA) is 63.6 Å². The van der Waals surface area contributed by atoms with Gasteiger partial charge in [0.05, 0.1) is 23.0 Å². The van der Waals surface area contributed by atoms with Gasteiger partial charge in [0.25, 0.3) is 0 Å². The number of alkyl halides is 1. The molecule has 0 amide bonds. The first-order valence-electron chi connectivity index (χ1n) is 10.7. The zero-order valence-corrected chi connectivity index (χ0v) is 18.0. The van der Waals surface area contributed by atoms with Crippen LogP contribution in [0.15, 0.2) is 6.20 Å². The standard InChI is InChI=1S/C21H27ClFN5O2/c1-14-17-16(11-24-18(14)22)19(27-5-3-8-29-9-7-27)26-20(25-17)30-13-21-4-2-6-28(21)12-15(23)10-21/h11,15H,2-10,12-13H2,1H3/t15-,21+/m1/s1. The van der Waals surface area contributed by atoms with E-state index in [0.29, 0.717) is 37.3 Å². The largest absolute Gasteiger partial charge is 0.461 e. The summed E-state index contributed by atoms with van der Waals surface area (Å²) in [6.45, 7) is 6.73. The number of hydrogen-bond acceptors (Lipinski definition) is 7. The fourth-order valence-electron chi connectivity index (χ4n) is 5.07. The van der Waals surface area contributed by atoms with E-state index in [1.165, 1.54) is 0 Å². The van der Waals surface area contributed by atoms with Crippen molar-refractivity contribution >= 4 is 28.3 Å². The van der Waals surface area contributed by atoms with Crippen LogP contribution in [-0.2, 0) is 4.74 Å². The van der Waals surface area contributed by atoms with Gasteiger partial charge in [-0.05, 0) is 32.7 Å². The van der Waals surface area contributed by atoms with Crippen LogP contribution < -0.4 is 9.64 Å². The Hall–Kier alpha value is -1.77. The number of ether oxygens (including phenoxy) is 2. The van der Waals surface area contributed by atoms with Crippen molar-refractivity contribution in [3.05, 3.63) is 16.9 Å². The van der Waals surface area contributed by atoms with Gasteiger partial charge in [-0.15, -0.1) is 0 Å². The van der Waals surface area contributed by atoms with Crippen LogP contribution in [0.1, 0.15) is 31.2 Å². The van der Waals surface area contributed by atoms with E-state index >= 15 is 0 Å². The van der Waals surface area contributed by atoms with Crippen molar-refractivity contribution in [2.45, 2.75) is 44.3 Å². The molecule has 0 bridgehead atoms.